The average Bonchev–Trinajstić information content (AvgIpc) is 2.80. The van der Waals surface area contributed by atoms with Gasteiger partial charge in [0.1, 0.15) is 5.82 Å². The molecule has 0 unspecified atom stereocenters. The summed E-state index contributed by atoms with van der Waals surface area (Å²) in [6.45, 7) is 2.67. The quantitative estimate of drug-likeness (QED) is 0.844. The second-order valence-electron chi connectivity index (χ2n) is 6.11. The molecular weight excluding hydrogens is 286 g/mol. The zero-order valence-electron chi connectivity index (χ0n) is 12.9. The first kappa shape index (κ1) is 13.9. The molecule has 0 radical (unpaired) electrons. The molecule has 4 rings (SSSR count). The van der Waals surface area contributed by atoms with Crippen LogP contribution in [0.5, 0.6) is 0 Å². The predicted octanol–water partition coefficient (Wildman–Crippen LogP) is 3.49. The van der Waals surface area contributed by atoms with E-state index in [4.69, 9.17) is 5.26 Å². The third kappa shape index (κ3) is 2.68. The van der Waals surface area contributed by atoms with Gasteiger partial charge in [-0.05, 0) is 37.1 Å². The van der Waals surface area contributed by atoms with Gasteiger partial charge in [0.05, 0.1) is 17.4 Å². The predicted molar refractivity (Wildman–Crippen MR) is 91.8 cm³/mol. The fraction of sp³-hybridized carbons (Fsp3) is 0.333. The van der Waals surface area contributed by atoms with Crippen LogP contribution in [0.4, 0.5) is 22.9 Å². The molecule has 0 amide bonds. The Morgan fingerprint density at radius 3 is 2.87 bits per heavy atom. The van der Waals surface area contributed by atoms with E-state index in [1.54, 1.807) is 0 Å². The molecule has 0 saturated carbocycles. The maximum Gasteiger partial charge on any atom is 0.135 e. The van der Waals surface area contributed by atoms with Gasteiger partial charge in [0.2, 0.25) is 0 Å². The summed E-state index contributed by atoms with van der Waals surface area (Å²) in [5.41, 5.74) is 4.54. The molecule has 2 N–H and O–H groups in total. The van der Waals surface area contributed by atoms with E-state index in [0.29, 0.717) is 0 Å². The van der Waals surface area contributed by atoms with Crippen molar-refractivity contribution >= 4 is 22.9 Å². The standard InChI is InChI=1S/C18H19N5/c19-11-13-5-8-23(9-6-13)15-3-4-16-17(10-15)21-12-14-2-1-7-20-18(14)22-16/h1-4,7,10,13,21H,5-6,8-9,12H2,(H,20,22). The number of benzene rings is 1. The highest BCUT2D eigenvalue weighted by molar-refractivity contribution is 5.79. The van der Waals surface area contributed by atoms with Crippen LogP contribution in [0.15, 0.2) is 36.5 Å². The van der Waals surface area contributed by atoms with Crippen LogP contribution in [-0.4, -0.2) is 18.1 Å². The van der Waals surface area contributed by atoms with E-state index in [2.05, 4.69) is 50.9 Å². The number of nitriles is 1. The molecule has 2 aliphatic rings. The zero-order chi connectivity index (χ0) is 15.6. The van der Waals surface area contributed by atoms with E-state index >= 15 is 0 Å². The first-order chi connectivity index (χ1) is 11.3. The molecule has 0 spiro atoms. The van der Waals surface area contributed by atoms with Crippen LogP contribution in [0.1, 0.15) is 18.4 Å². The minimum Gasteiger partial charge on any atom is -0.379 e. The zero-order valence-corrected chi connectivity index (χ0v) is 12.9. The monoisotopic (exact) mass is 305 g/mol. The molecule has 0 bridgehead atoms. The molecule has 1 aromatic carbocycles. The van der Waals surface area contributed by atoms with Crippen molar-refractivity contribution in [3.8, 4) is 6.07 Å². The van der Waals surface area contributed by atoms with Crippen molar-refractivity contribution in [1.82, 2.24) is 4.98 Å². The van der Waals surface area contributed by atoms with Crippen molar-refractivity contribution in [1.29, 1.82) is 5.26 Å². The Morgan fingerprint density at radius 1 is 1.17 bits per heavy atom. The van der Waals surface area contributed by atoms with Crippen molar-refractivity contribution in [2.75, 3.05) is 28.6 Å². The number of rotatable bonds is 1. The number of hydrogen-bond donors (Lipinski definition) is 2. The van der Waals surface area contributed by atoms with Crippen molar-refractivity contribution in [2.24, 2.45) is 5.92 Å². The fourth-order valence-corrected chi connectivity index (χ4v) is 3.26. The molecule has 5 nitrogen and oxygen atoms in total. The number of aromatic nitrogens is 1. The van der Waals surface area contributed by atoms with Crippen LogP contribution < -0.4 is 15.5 Å². The van der Waals surface area contributed by atoms with E-state index in [1.807, 2.05) is 12.3 Å². The Kier molecular flexibility index (Phi) is 3.51. The highest BCUT2D eigenvalue weighted by atomic mass is 15.1. The minimum atomic E-state index is 0.215. The Hall–Kier alpha value is -2.74. The number of anilines is 4. The van der Waals surface area contributed by atoms with Gasteiger partial charge in [-0.1, -0.05) is 6.07 Å². The van der Waals surface area contributed by atoms with Crippen LogP contribution in [0.25, 0.3) is 0 Å². The van der Waals surface area contributed by atoms with Gasteiger partial charge in [-0.25, -0.2) is 4.98 Å². The van der Waals surface area contributed by atoms with Gasteiger partial charge in [0.25, 0.3) is 0 Å². The molecule has 3 heterocycles. The lowest BCUT2D eigenvalue weighted by Gasteiger charge is -2.31. The number of fused-ring (bicyclic) bond motifs is 2. The topological polar surface area (TPSA) is 64.0 Å². The van der Waals surface area contributed by atoms with E-state index in [-0.39, 0.29) is 5.92 Å². The molecule has 0 atom stereocenters. The van der Waals surface area contributed by atoms with Crippen LogP contribution >= 0.6 is 0 Å². The lowest BCUT2D eigenvalue weighted by molar-refractivity contribution is 0.488. The number of nitrogens with zero attached hydrogens (tertiary/aromatic N) is 3. The molecule has 116 valence electrons. The number of pyridine rings is 1. The van der Waals surface area contributed by atoms with Crippen molar-refractivity contribution in [3.63, 3.8) is 0 Å². The Bertz CT molecular complexity index is 756. The first-order valence-corrected chi connectivity index (χ1v) is 8.07. The molecule has 5 heteroatoms. The number of hydrogen-bond acceptors (Lipinski definition) is 5. The lowest BCUT2D eigenvalue weighted by Crippen LogP contribution is -2.33. The van der Waals surface area contributed by atoms with Gasteiger partial charge in [-0.15, -0.1) is 0 Å². The summed E-state index contributed by atoms with van der Waals surface area (Å²) in [5.74, 6) is 1.13. The SMILES string of the molecule is N#CC1CCN(c2ccc3c(c2)NCc2cccnc2N3)CC1. The average molecular weight is 305 g/mol. The third-order valence-electron chi connectivity index (χ3n) is 4.66. The highest BCUT2D eigenvalue weighted by Crippen LogP contribution is 2.34. The van der Waals surface area contributed by atoms with Crippen LogP contribution in [0.3, 0.4) is 0 Å². The molecule has 1 fully saturated rings. The Balaban J connectivity index is 1.57. The van der Waals surface area contributed by atoms with Gasteiger partial charge in [0.15, 0.2) is 0 Å². The summed E-state index contributed by atoms with van der Waals surface area (Å²) in [6, 6.07) is 12.9. The summed E-state index contributed by atoms with van der Waals surface area (Å²) in [6.07, 6.45) is 3.72. The number of piperidine rings is 1. The van der Waals surface area contributed by atoms with Gasteiger partial charge in [-0.3, -0.25) is 0 Å². The lowest BCUT2D eigenvalue weighted by atomic mass is 9.98. The van der Waals surface area contributed by atoms with Crippen LogP contribution in [0, 0.1) is 17.2 Å². The molecule has 0 aliphatic carbocycles. The van der Waals surface area contributed by atoms with Gasteiger partial charge in [0, 0.05) is 43.0 Å². The van der Waals surface area contributed by atoms with E-state index in [1.165, 1.54) is 11.3 Å². The second kappa shape index (κ2) is 5.81. The fourth-order valence-electron chi connectivity index (χ4n) is 3.26. The molecule has 1 saturated heterocycles. The summed E-state index contributed by atoms with van der Waals surface area (Å²) >= 11 is 0. The summed E-state index contributed by atoms with van der Waals surface area (Å²) in [7, 11) is 0. The molecular formula is C18H19N5. The Morgan fingerprint density at radius 2 is 2.04 bits per heavy atom. The summed E-state index contributed by atoms with van der Waals surface area (Å²) in [5, 5.41) is 15.9. The Labute approximate surface area is 136 Å². The van der Waals surface area contributed by atoms with Gasteiger partial charge >= 0.3 is 0 Å². The largest absolute Gasteiger partial charge is 0.379 e. The van der Waals surface area contributed by atoms with Crippen molar-refractivity contribution in [2.45, 2.75) is 19.4 Å². The van der Waals surface area contributed by atoms with E-state index < -0.39 is 0 Å². The van der Waals surface area contributed by atoms with Gasteiger partial charge < -0.3 is 15.5 Å². The maximum atomic E-state index is 9.03. The van der Waals surface area contributed by atoms with E-state index in [9.17, 15) is 0 Å². The minimum absolute atomic E-state index is 0.215. The second-order valence-corrected chi connectivity index (χ2v) is 6.11. The van der Waals surface area contributed by atoms with Crippen LogP contribution in [-0.2, 0) is 6.54 Å². The maximum absolute atomic E-state index is 9.03. The number of nitrogens with one attached hydrogen (secondary N) is 2. The molecule has 2 aromatic rings. The first-order valence-electron chi connectivity index (χ1n) is 8.07. The molecule has 2 aliphatic heterocycles. The normalized spacial score (nSPS) is 17.1. The van der Waals surface area contributed by atoms with Crippen molar-refractivity contribution < 1.29 is 0 Å². The highest BCUT2D eigenvalue weighted by Gasteiger charge is 2.20. The molecule has 1 aromatic heterocycles. The van der Waals surface area contributed by atoms with E-state index in [0.717, 1.165) is 49.7 Å². The summed E-state index contributed by atoms with van der Waals surface area (Å²) in [4.78, 5) is 6.78. The smallest absolute Gasteiger partial charge is 0.135 e. The van der Waals surface area contributed by atoms with Crippen LogP contribution in [0.2, 0.25) is 0 Å². The van der Waals surface area contributed by atoms with Crippen molar-refractivity contribution in [3.05, 3.63) is 42.1 Å². The summed E-state index contributed by atoms with van der Waals surface area (Å²) < 4.78 is 0. The molecule has 23 heavy (non-hydrogen) atoms. The third-order valence-corrected chi connectivity index (χ3v) is 4.66. The van der Waals surface area contributed by atoms with Gasteiger partial charge in [-0.2, -0.15) is 5.26 Å².